The molecule has 1 rings (SSSR count). The maximum Gasteiger partial charge on any atom is 0.241 e. The predicted octanol–water partition coefficient (Wildman–Crippen LogP) is 1.93. The molecule has 0 saturated heterocycles. The van der Waals surface area contributed by atoms with Crippen LogP contribution in [-0.4, -0.2) is 20.5 Å². The van der Waals surface area contributed by atoms with Gasteiger partial charge in [-0.1, -0.05) is 13.8 Å². The van der Waals surface area contributed by atoms with E-state index in [1.54, 1.807) is 0 Å². The molecule has 6 heteroatoms. The number of aryl methyl sites for hydroxylation is 1. The number of sulfonamides is 1. The SMILES string of the molecule is CCC(CC)(CN)NS(=O)(=O)c1ccc(F)c(C)c1. The van der Waals surface area contributed by atoms with Crippen molar-refractivity contribution in [3.63, 3.8) is 0 Å². The Hall–Kier alpha value is -0.980. The minimum absolute atomic E-state index is 0.0612. The molecule has 3 N–H and O–H groups in total. The monoisotopic (exact) mass is 288 g/mol. The van der Waals surface area contributed by atoms with Gasteiger partial charge in [-0.25, -0.2) is 17.5 Å². The van der Waals surface area contributed by atoms with E-state index in [0.29, 0.717) is 18.4 Å². The Kier molecular flexibility index (Phi) is 5.06. The van der Waals surface area contributed by atoms with Crippen LogP contribution in [-0.2, 0) is 10.0 Å². The summed E-state index contributed by atoms with van der Waals surface area (Å²) in [6, 6.07) is 3.74. The van der Waals surface area contributed by atoms with Crippen LogP contribution < -0.4 is 10.5 Å². The van der Waals surface area contributed by atoms with Crippen LogP contribution in [0.15, 0.2) is 23.1 Å². The topological polar surface area (TPSA) is 72.2 Å². The fourth-order valence-corrected chi connectivity index (χ4v) is 3.49. The number of nitrogens with one attached hydrogen (secondary N) is 1. The van der Waals surface area contributed by atoms with E-state index >= 15 is 0 Å². The van der Waals surface area contributed by atoms with Gasteiger partial charge < -0.3 is 5.73 Å². The molecule has 0 saturated carbocycles. The van der Waals surface area contributed by atoms with E-state index in [2.05, 4.69) is 4.72 Å². The van der Waals surface area contributed by atoms with Crippen LogP contribution in [0.3, 0.4) is 0 Å². The predicted molar refractivity (Wildman–Crippen MR) is 73.8 cm³/mol. The molecule has 108 valence electrons. The second-order valence-corrected chi connectivity index (χ2v) is 6.39. The Morgan fingerprint density at radius 2 is 1.89 bits per heavy atom. The van der Waals surface area contributed by atoms with Crippen LogP contribution in [0.25, 0.3) is 0 Å². The molecule has 0 aliphatic rings. The summed E-state index contributed by atoms with van der Waals surface area (Å²) in [6.07, 6.45) is 1.19. The minimum Gasteiger partial charge on any atom is -0.329 e. The van der Waals surface area contributed by atoms with E-state index in [1.165, 1.54) is 19.1 Å². The van der Waals surface area contributed by atoms with Crippen molar-refractivity contribution in [3.8, 4) is 0 Å². The lowest BCUT2D eigenvalue weighted by Crippen LogP contribution is -2.52. The maximum atomic E-state index is 13.2. The summed E-state index contributed by atoms with van der Waals surface area (Å²) in [7, 11) is -3.69. The summed E-state index contributed by atoms with van der Waals surface area (Å²) in [5, 5.41) is 0. The molecular formula is C13H21FN2O2S. The molecule has 1 aromatic rings. The third-order valence-electron chi connectivity index (χ3n) is 3.53. The van der Waals surface area contributed by atoms with Crippen LogP contribution in [0, 0.1) is 12.7 Å². The number of nitrogens with two attached hydrogens (primary N) is 1. The number of halogens is 1. The molecular weight excluding hydrogens is 267 g/mol. The Labute approximate surface area is 114 Å². The van der Waals surface area contributed by atoms with E-state index in [4.69, 9.17) is 5.73 Å². The summed E-state index contributed by atoms with van der Waals surface area (Å²) in [5.74, 6) is -0.421. The van der Waals surface area contributed by atoms with Gasteiger partial charge in [0.1, 0.15) is 5.82 Å². The fraction of sp³-hybridized carbons (Fsp3) is 0.538. The molecule has 0 amide bonds. The smallest absolute Gasteiger partial charge is 0.241 e. The molecule has 0 unspecified atom stereocenters. The quantitative estimate of drug-likeness (QED) is 0.840. The summed E-state index contributed by atoms with van der Waals surface area (Å²) >= 11 is 0. The molecule has 19 heavy (non-hydrogen) atoms. The lowest BCUT2D eigenvalue weighted by molar-refractivity contribution is 0.363. The highest BCUT2D eigenvalue weighted by molar-refractivity contribution is 7.89. The van der Waals surface area contributed by atoms with Crippen LogP contribution in [0.2, 0.25) is 0 Å². The van der Waals surface area contributed by atoms with E-state index in [1.807, 2.05) is 13.8 Å². The minimum atomic E-state index is -3.69. The highest BCUT2D eigenvalue weighted by Gasteiger charge is 2.30. The Bertz CT molecular complexity index is 531. The van der Waals surface area contributed by atoms with Gasteiger partial charge >= 0.3 is 0 Å². The van der Waals surface area contributed by atoms with Crippen molar-refractivity contribution in [2.75, 3.05) is 6.54 Å². The summed E-state index contributed by atoms with van der Waals surface area (Å²) in [4.78, 5) is 0.0612. The van der Waals surface area contributed by atoms with Crippen LogP contribution in [0.4, 0.5) is 4.39 Å². The van der Waals surface area contributed by atoms with Gasteiger partial charge in [0.25, 0.3) is 0 Å². The number of benzene rings is 1. The lowest BCUT2D eigenvalue weighted by Gasteiger charge is -2.31. The third-order valence-corrected chi connectivity index (χ3v) is 5.11. The van der Waals surface area contributed by atoms with Crippen molar-refractivity contribution in [1.82, 2.24) is 4.72 Å². The zero-order chi connectivity index (χ0) is 14.7. The zero-order valence-corrected chi connectivity index (χ0v) is 12.3. The standard InChI is InChI=1S/C13H21FN2O2S/c1-4-13(5-2,9-15)16-19(17,18)11-6-7-12(14)10(3)8-11/h6-8,16H,4-5,9,15H2,1-3H3. The van der Waals surface area contributed by atoms with Crippen molar-refractivity contribution in [3.05, 3.63) is 29.6 Å². The summed E-state index contributed by atoms with van der Waals surface area (Å²) in [5.41, 5.74) is 5.33. The van der Waals surface area contributed by atoms with Gasteiger partial charge in [-0.05, 0) is 43.5 Å². The van der Waals surface area contributed by atoms with Crippen molar-refractivity contribution >= 4 is 10.0 Å². The zero-order valence-electron chi connectivity index (χ0n) is 11.5. The van der Waals surface area contributed by atoms with Crippen molar-refractivity contribution in [1.29, 1.82) is 0 Å². The van der Waals surface area contributed by atoms with Gasteiger partial charge in [0, 0.05) is 12.1 Å². The first kappa shape index (κ1) is 16.1. The first-order valence-corrected chi connectivity index (χ1v) is 7.78. The number of rotatable bonds is 6. The van der Waals surface area contributed by atoms with Crippen molar-refractivity contribution in [2.45, 2.75) is 44.0 Å². The van der Waals surface area contributed by atoms with Gasteiger partial charge in [-0.3, -0.25) is 0 Å². The van der Waals surface area contributed by atoms with Crippen LogP contribution >= 0.6 is 0 Å². The van der Waals surface area contributed by atoms with E-state index in [-0.39, 0.29) is 11.4 Å². The molecule has 0 heterocycles. The number of hydrogen-bond donors (Lipinski definition) is 2. The first-order valence-electron chi connectivity index (χ1n) is 6.30. The molecule has 0 aliphatic heterocycles. The summed E-state index contributed by atoms with van der Waals surface area (Å²) < 4.78 is 40.4. The number of hydrogen-bond acceptors (Lipinski definition) is 3. The van der Waals surface area contributed by atoms with Gasteiger partial charge in [0.15, 0.2) is 0 Å². The van der Waals surface area contributed by atoms with Crippen LogP contribution in [0.5, 0.6) is 0 Å². The Morgan fingerprint density at radius 3 is 2.32 bits per heavy atom. The Balaban J connectivity index is 3.14. The lowest BCUT2D eigenvalue weighted by atomic mass is 9.95. The summed E-state index contributed by atoms with van der Waals surface area (Å²) in [6.45, 7) is 5.52. The second kappa shape index (κ2) is 5.98. The largest absolute Gasteiger partial charge is 0.329 e. The normalized spacial score (nSPS) is 12.7. The van der Waals surface area contributed by atoms with Gasteiger partial charge in [-0.15, -0.1) is 0 Å². The van der Waals surface area contributed by atoms with E-state index in [9.17, 15) is 12.8 Å². The average molecular weight is 288 g/mol. The highest BCUT2D eigenvalue weighted by atomic mass is 32.2. The van der Waals surface area contributed by atoms with Crippen LogP contribution in [0.1, 0.15) is 32.3 Å². The molecule has 0 atom stereocenters. The third kappa shape index (κ3) is 3.52. The fourth-order valence-electron chi connectivity index (χ4n) is 1.85. The van der Waals surface area contributed by atoms with Gasteiger partial charge in [0.05, 0.1) is 4.90 Å². The molecule has 0 aromatic heterocycles. The Morgan fingerprint density at radius 1 is 1.32 bits per heavy atom. The highest BCUT2D eigenvalue weighted by Crippen LogP contribution is 2.20. The van der Waals surface area contributed by atoms with E-state index < -0.39 is 21.4 Å². The molecule has 0 spiro atoms. The first-order chi connectivity index (χ1) is 8.80. The van der Waals surface area contributed by atoms with Crippen molar-refractivity contribution < 1.29 is 12.8 Å². The molecule has 0 fully saturated rings. The molecule has 4 nitrogen and oxygen atoms in total. The molecule has 0 bridgehead atoms. The van der Waals surface area contributed by atoms with Gasteiger partial charge in [0.2, 0.25) is 10.0 Å². The molecule has 1 aromatic carbocycles. The molecule has 0 aliphatic carbocycles. The van der Waals surface area contributed by atoms with Gasteiger partial charge in [-0.2, -0.15) is 0 Å². The van der Waals surface area contributed by atoms with Crippen molar-refractivity contribution in [2.24, 2.45) is 5.73 Å². The van der Waals surface area contributed by atoms with E-state index in [0.717, 1.165) is 6.07 Å². The average Bonchev–Trinajstić information content (AvgIpc) is 2.39. The second-order valence-electron chi connectivity index (χ2n) is 4.71. The molecule has 0 radical (unpaired) electrons. The maximum absolute atomic E-state index is 13.2.